The maximum absolute atomic E-state index is 8.77. The Kier molecular flexibility index (Phi) is 5.42. The van der Waals surface area contributed by atoms with Gasteiger partial charge in [-0.3, -0.25) is 0 Å². The first-order valence-electron chi connectivity index (χ1n) is 5.51. The van der Waals surface area contributed by atoms with Gasteiger partial charge in [0.1, 0.15) is 23.5 Å². The van der Waals surface area contributed by atoms with Crippen molar-refractivity contribution in [3.8, 4) is 17.9 Å². The Labute approximate surface area is 115 Å². The summed E-state index contributed by atoms with van der Waals surface area (Å²) in [7, 11) is 0. The molecule has 1 rings (SSSR count). The van der Waals surface area contributed by atoms with Crippen molar-refractivity contribution in [1.82, 2.24) is 0 Å². The van der Waals surface area contributed by atoms with Crippen molar-refractivity contribution >= 4 is 22.0 Å². The van der Waals surface area contributed by atoms with E-state index in [1.165, 1.54) is 6.08 Å². The van der Waals surface area contributed by atoms with Gasteiger partial charge in [-0.15, -0.1) is 0 Å². The van der Waals surface area contributed by atoms with Crippen molar-refractivity contribution in [2.75, 3.05) is 6.61 Å². The minimum Gasteiger partial charge on any atom is -0.493 e. The van der Waals surface area contributed by atoms with Gasteiger partial charge in [-0.1, -0.05) is 29.8 Å². The molecule has 0 aliphatic heterocycles. The van der Waals surface area contributed by atoms with Crippen molar-refractivity contribution in [3.05, 3.63) is 33.8 Å². The first kappa shape index (κ1) is 14.3. The lowest BCUT2D eigenvalue weighted by Gasteiger charge is -2.11. The molecule has 0 amide bonds. The normalized spacial score (nSPS) is 9.44. The van der Waals surface area contributed by atoms with Crippen LogP contribution in [0.5, 0.6) is 5.75 Å². The first-order chi connectivity index (χ1) is 8.56. The first-order valence-corrected chi connectivity index (χ1v) is 6.30. The summed E-state index contributed by atoms with van der Waals surface area (Å²) in [4.78, 5) is 0. The van der Waals surface area contributed by atoms with Crippen LogP contribution in [0.25, 0.3) is 6.08 Å². The van der Waals surface area contributed by atoms with Gasteiger partial charge in [-0.25, -0.2) is 0 Å². The molecule has 0 saturated heterocycles. The van der Waals surface area contributed by atoms with Crippen LogP contribution in [0.3, 0.4) is 0 Å². The van der Waals surface area contributed by atoms with E-state index in [0.717, 1.165) is 10.0 Å². The average molecular weight is 305 g/mol. The molecule has 92 valence electrons. The van der Waals surface area contributed by atoms with Gasteiger partial charge in [0, 0.05) is 10.0 Å². The van der Waals surface area contributed by atoms with E-state index in [1.54, 1.807) is 0 Å². The summed E-state index contributed by atoms with van der Waals surface area (Å²) in [5.41, 5.74) is 0.783. The molecule has 0 bridgehead atoms. The number of benzene rings is 1. The van der Waals surface area contributed by atoms with E-state index in [1.807, 2.05) is 30.3 Å². The third kappa shape index (κ3) is 4.24. The molecule has 0 fully saturated rings. The average Bonchev–Trinajstić information content (AvgIpc) is 2.34. The van der Waals surface area contributed by atoms with Crippen molar-refractivity contribution in [3.63, 3.8) is 0 Å². The van der Waals surface area contributed by atoms with Crippen LogP contribution in [0.2, 0.25) is 0 Å². The van der Waals surface area contributed by atoms with Crippen molar-refractivity contribution in [1.29, 1.82) is 10.5 Å². The summed E-state index contributed by atoms with van der Waals surface area (Å²) in [6.45, 7) is 4.71. The lowest BCUT2D eigenvalue weighted by Crippen LogP contribution is -2.05. The number of allylic oxidation sites excluding steroid dienone is 1. The van der Waals surface area contributed by atoms with Crippen LogP contribution >= 0.6 is 15.9 Å². The summed E-state index contributed by atoms with van der Waals surface area (Å²) in [6, 6.07) is 9.20. The minimum atomic E-state index is 0.0579. The molecule has 0 N–H and O–H groups in total. The van der Waals surface area contributed by atoms with E-state index in [4.69, 9.17) is 15.3 Å². The number of ether oxygens (including phenoxy) is 1. The third-order valence-electron chi connectivity index (χ3n) is 2.08. The number of nitrogens with zero attached hydrogens (tertiary/aromatic N) is 2. The van der Waals surface area contributed by atoms with Gasteiger partial charge in [0.25, 0.3) is 0 Å². The number of rotatable bonds is 4. The van der Waals surface area contributed by atoms with Gasteiger partial charge in [-0.2, -0.15) is 10.5 Å². The van der Waals surface area contributed by atoms with Crippen molar-refractivity contribution in [2.45, 2.75) is 13.8 Å². The highest BCUT2D eigenvalue weighted by atomic mass is 79.9. The highest BCUT2D eigenvalue weighted by Crippen LogP contribution is 2.25. The second kappa shape index (κ2) is 6.83. The highest BCUT2D eigenvalue weighted by molar-refractivity contribution is 9.10. The van der Waals surface area contributed by atoms with E-state index < -0.39 is 0 Å². The number of hydrogen-bond acceptors (Lipinski definition) is 3. The van der Waals surface area contributed by atoms with Gasteiger partial charge in [0.2, 0.25) is 0 Å². The van der Waals surface area contributed by atoms with Crippen molar-refractivity contribution in [2.24, 2.45) is 5.92 Å². The lowest BCUT2D eigenvalue weighted by molar-refractivity contribution is 0.270. The zero-order chi connectivity index (χ0) is 13.5. The lowest BCUT2D eigenvalue weighted by atomic mass is 10.1. The van der Waals surface area contributed by atoms with E-state index in [2.05, 4.69) is 29.8 Å². The second-order valence-electron chi connectivity index (χ2n) is 4.17. The quantitative estimate of drug-likeness (QED) is 0.792. The predicted molar refractivity (Wildman–Crippen MR) is 73.7 cm³/mol. The fourth-order valence-electron chi connectivity index (χ4n) is 1.27. The molecular formula is C14H13BrN2O. The molecule has 0 atom stereocenters. The summed E-state index contributed by atoms with van der Waals surface area (Å²) in [5.74, 6) is 1.09. The maximum atomic E-state index is 8.77. The molecule has 1 aromatic rings. The molecule has 1 aromatic carbocycles. The van der Waals surface area contributed by atoms with Crippen LogP contribution in [-0.4, -0.2) is 6.61 Å². The van der Waals surface area contributed by atoms with Gasteiger partial charge in [0.05, 0.1) is 6.61 Å². The maximum Gasteiger partial charge on any atom is 0.130 e. The van der Waals surface area contributed by atoms with E-state index >= 15 is 0 Å². The van der Waals surface area contributed by atoms with E-state index in [9.17, 15) is 0 Å². The fourth-order valence-corrected chi connectivity index (χ4v) is 1.64. The molecule has 0 aliphatic rings. The molecule has 0 radical (unpaired) electrons. The Morgan fingerprint density at radius 1 is 1.39 bits per heavy atom. The number of hydrogen-bond donors (Lipinski definition) is 0. The Morgan fingerprint density at radius 3 is 2.61 bits per heavy atom. The predicted octanol–water partition coefficient (Wildman–Crippen LogP) is 3.91. The number of halogens is 1. The Morgan fingerprint density at radius 2 is 2.06 bits per heavy atom. The summed E-state index contributed by atoms with van der Waals surface area (Å²) >= 11 is 3.36. The monoisotopic (exact) mass is 304 g/mol. The zero-order valence-electron chi connectivity index (χ0n) is 10.3. The van der Waals surface area contributed by atoms with Crippen LogP contribution in [0.1, 0.15) is 19.4 Å². The van der Waals surface area contributed by atoms with Crippen LogP contribution in [0.15, 0.2) is 28.2 Å². The number of nitriles is 2. The fraction of sp³-hybridized carbons (Fsp3) is 0.286. The smallest absolute Gasteiger partial charge is 0.130 e. The summed E-state index contributed by atoms with van der Waals surface area (Å²) in [5, 5.41) is 17.5. The largest absolute Gasteiger partial charge is 0.493 e. The summed E-state index contributed by atoms with van der Waals surface area (Å²) < 4.78 is 6.54. The molecule has 3 nitrogen and oxygen atoms in total. The topological polar surface area (TPSA) is 56.8 Å². The van der Waals surface area contributed by atoms with Gasteiger partial charge < -0.3 is 4.74 Å². The standard InChI is InChI=1S/C14H13BrN2O/c1-10(2)9-18-14-4-3-13(15)6-12(14)5-11(7-16)8-17/h3-6,10H,9H2,1-2H3. The Hall–Kier alpha value is -1.78. The van der Waals surface area contributed by atoms with E-state index in [0.29, 0.717) is 18.3 Å². The van der Waals surface area contributed by atoms with Crippen LogP contribution in [-0.2, 0) is 0 Å². The zero-order valence-corrected chi connectivity index (χ0v) is 11.9. The molecule has 0 aliphatic carbocycles. The van der Waals surface area contributed by atoms with Crippen LogP contribution < -0.4 is 4.74 Å². The second-order valence-corrected chi connectivity index (χ2v) is 5.08. The minimum absolute atomic E-state index is 0.0579. The molecule has 0 saturated carbocycles. The Bertz CT molecular complexity index is 520. The molecular weight excluding hydrogens is 292 g/mol. The Balaban J connectivity index is 3.09. The van der Waals surface area contributed by atoms with Gasteiger partial charge in [-0.05, 0) is 30.2 Å². The van der Waals surface area contributed by atoms with Gasteiger partial charge in [0.15, 0.2) is 0 Å². The molecule has 18 heavy (non-hydrogen) atoms. The van der Waals surface area contributed by atoms with Crippen LogP contribution in [0.4, 0.5) is 0 Å². The molecule has 0 aromatic heterocycles. The molecule has 4 heteroatoms. The third-order valence-corrected chi connectivity index (χ3v) is 2.58. The molecule has 0 unspecified atom stereocenters. The van der Waals surface area contributed by atoms with Gasteiger partial charge >= 0.3 is 0 Å². The van der Waals surface area contributed by atoms with Crippen molar-refractivity contribution < 1.29 is 4.74 Å². The van der Waals surface area contributed by atoms with E-state index in [-0.39, 0.29) is 5.57 Å². The SMILES string of the molecule is CC(C)COc1ccc(Br)cc1C=C(C#N)C#N. The van der Waals surface area contributed by atoms with Crippen LogP contribution in [0, 0.1) is 28.6 Å². The summed E-state index contributed by atoms with van der Waals surface area (Å²) in [6.07, 6.45) is 1.53. The highest BCUT2D eigenvalue weighted by Gasteiger charge is 2.05. The molecule has 0 heterocycles. The molecule has 0 spiro atoms.